The zero-order valence-electron chi connectivity index (χ0n) is 13.4. The minimum atomic E-state index is -1.11. The van der Waals surface area contributed by atoms with Gasteiger partial charge in [-0.05, 0) is 24.5 Å². The molecule has 0 unspecified atom stereocenters. The molecule has 1 atom stereocenters. The van der Waals surface area contributed by atoms with Gasteiger partial charge in [0, 0.05) is 19.0 Å². The van der Waals surface area contributed by atoms with Crippen molar-refractivity contribution in [2.75, 3.05) is 6.54 Å². The number of aliphatic carboxylic acids is 1. The fourth-order valence-electron chi connectivity index (χ4n) is 1.98. The summed E-state index contributed by atoms with van der Waals surface area (Å²) in [5.74, 6) is -4.27. The number of halogens is 2. The van der Waals surface area contributed by atoms with E-state index in [0.29, 0.717) is 6.07 Å². The summed E-state index contributed by atoms with van der Waals surface area (Å²) in [6.07, 6.45) is 0.271. The standard InChI is InChI=1S/C16H20F2N2O4/c1-9(2)14(16(23)24)20-13(21)4-3-7-19-15(22)11-6-5-10(17)8-12(11)18/h5-6,8-9,14H,3-4,7H2,1-2H3,(H,19,22)(H,20,21)(H,23,24)/t14-/m0/s1. The molecule has 0 bridgehead atoms. The van der Waals surface area contributed by atoms with Gasteiger partial charge in [0.15, 0.2) is 0 Å². The van der Waals surface area contributed by atoms with Gasteiger partial charge in [-0.15, -0.1) is 0 Å². The number of amides is 2. The van der Waals surface area contributed by atoms with Crippen molar-refractivity contribution >= 4 is 17.8 Å². The molecule has 0 radical (unpaired) electrons. The van der Waals surface area contributed by atoms with Crippen LogP contribution in [0.3, 0.4) is 0 Å². The number of benzene rings is 1. The molecule has 0 aliphatic heterocycles. The summed E-state index contributed by atoms with van der Waals surface area (Å²) < 4.78 is 26.2. The normalized spacial score (nSPS) is 11.9. The molecule has 3 N–H and O–H groups in total. The van der Waals surface area contributed by atoms with E-state index in [2.05, 4.69) is 10.6 Å². The quantitative estimate of drug-likeness (QED) is 0.627. The lowest BCUT2D eigenvalue weighted by molar-refractivity contribution is -0.143. The second kappa shape index (κ2) is 8.95. The van der Waals surface area contributed by atoms with Crippen molar-refractivity contribution in [2.45, 2.75) is 32.7 Å². The predicted octanol–water partition coefficient (Wildman–Crippen LogP) is 1.70. The van der Waals surface area contributed by atoms with E-state index >= 15 is 0 Å². The van der Waals surface area contributed by atoms with Gasteiger partial charge in [-0.25, -0.2) is 13.6 Å². The van der Waals surface area contributed by atoms with Crippen molar-refractivity contribution in [1.82, 2.24) is 10.6 Å². The molecule has 0 saturated carbocycles. The number of rotatable bonds is 8. The van der Waals surface area contributed by atoms with Crippen LogP contribution >= 0.6 is 0 Å². The first kappa shape index (κ1) is 19.5. The Morgan fingerprint density at radius 3 is 2.42 bits per heavy atom. The summed E-state index contributed by atoms with van der Waals surface area (Å²) >= 11 is 0. The molecule has 1 aromatic rings. The molecule has 132 valence electrons. The molecule has 0 aliphatic carbocycles. The molecule has 2 amide bonds. The van der Waals surface area contributed by atoms with Crippen molar-refractivity contribution < 1.29 is 28.3 Å². The van der Waals surface area contributed by atoms with Crippen LogP contribution in [0, 0.1) is 17.6 Å². The molecule has 0 heterocycles. The van der Waals surface area contributed by atoms with Gasteiger partial charge in [0.05, 0.1) is 5.56 Å². The minimum absolute atomic E-state index is 0.0165. The van der Waals surface area contributed by atoms with E-state index in [9.17, 15) is 23.2 Å². The highest BCUT2D eigenvalue weighted by molar-refractivity contribution is 5.94. The second-order valence-electron chi connectivity index (χ2n) is 5.61. The molecule has 0 saturated heterocycles. The van der Waals surface area contributed by atoms with Gasteiger partial charge >= 0.3 is 5.97 Å². The molecule has 0 aromatic heterocycles. The van der Waals surface area contributed by atoms with Crippen LogP contribution in [0.4, 0.5) is 8.78 Å². The van der Waals surface area contributed by atoms with E-state index in [1.165, 1.54) is 0 Å². The maximum atomic E-state index is 13.4. The lowest BCUT2D eigenvalue weighted by Crippen LogP contribution is -2.44. The van der Waals surface area contributed by atoms with Gasteiger partial charge in [-0.1, -0.05) is 13.8 Å². The Labute approximate surface area is 138 Å². The van der Waals surface area contributed by atoms with Crippen molar-refractivity contribution in [2.24, 2.45) is 5.92 Å². The van der Waals surface area contributed by atoms with E-state index in [1.807, 2.05) is 0 Å². The third-order valence-electron chi connectivity index (χ3n) is 3.29. The Hall–Kier alpha value is -2.51. The Morgan fingerprint density at radius 1 is 1.21 bits per heavy atom. The van der Waals surface area contributed by atoms with Crippen LogP contribution in [0.2, 0.25) is 0 Å². The molecular formula is C16H20F2N2O4. The largest absolute Gasteiger partial charge is 0.480 e. The average Bonchev–Trinajstić information content (AvgIpc) is 2.48. The molecular weight excluding hydrogens is 322 g/mol. The van der Waals surface area contributed by atoms with Crippen LogP contribution in [0.1, 0.15) is 37.0 Å². The smallest absolute Gasteiger partial charge is 0.326 e. The van der Waals surface area contributed by atoms with Gasteiger partial charge in [0.1, 0.15) is 17.7 Å². The Kier molecular flexibility index (Phi) is 7.29. The first-order valence-corrected chi connectivity index (χ1v) is 7.47. The minimum Gasteiger partial charge on any atom is -0.480 e. The third-order valence-corrected chi connectivity index (χ3v) is 3.29. The van der Waals surface area contributed by atoms with E-state index < -0.39 is 35.5 Å². The summed E-state index contributed by atoms with van der Waals surface area (Å²) in [7, 11) is 0. The lowest BCUT2D eigenvalue weighted by Gasteiger charge is -2.17. The summed E-state index contributed by atoms with van der Waals surface area (Å²) in [6, 6.07) is 1.65. The predicted molar refractivity (Wildman–Crippen MR) is 82.3 cm³/mol. The zero-order valence-corrected chi connectivity index (χ0v) is 13.4. The number of carbonyl (C=O) groups is 3. The lowest BCUT2D eigenvalue weighted by atomic mass is 10.0. The van der Waals surface area contributed by atoms with Crippen LogP contribution in [-0.2, 0) is 9.59 Å². The summed E-state index contributed by atoms with van der Waals surface area (Å²) in [6.45, 7) is 3.45. The van der Waals surface area contributed by atoms with Crippen molar-refractivity contribution in [1.29, 1.82) is 0 Å². The molecule has 0 spiro atoms. The summed E-state index contributed by atoms with van der Waals surface area (Å²) in [5, 5.41) is 13.8. The molecule has 1 rings (SSSR count). The average molecular weight is 342 g/mol. The van der Waals surface area contributed by atoms with Gasteiger partial charge in [0.25, 0.3) is 5.91 Å². The Balaban J connectivity index is 2.38. The topological polar surface area (TPSA) is 95.5 Å². The maximum absolute atomic E-state index is 13.4. The fraction of sp³-hybridized carbons (Fsp3) is 0.438. The maximum Gasteiger partial charge on any atom is 0.326 e. The van der Waals surface area contributed by atoms with Crippen LogP contribution < -0.4 is 10.6 Å². The van der Waals surface area contributed by atoms with Crippen molar-refractivity contribution in [3.05, 3.63) is 35.4 Å². The van der Waals surface area contributed by atoms with Gasteiger partial charge in [-0.2, -0.15) is 0 Å². The van der Waals surface area contributed by atoms with Crippen LogP contribution in [0.15, 0.2) is 18.2 Å². The van der Waals surface area contributed by atoms with Crippen LogP contribution in [0.25, 0.3) is 0 Å². The number of carbonyl (C=O) groups excluding carboxylic acids is 2. The second-order valence-corrected chi connectivity index (χ2v) is 5.61. The summed E-state index contributed by atoms with van der Waals surface area (Å²) in [5.41, 5.74) is -0.286. The van der Waals surface area contributed by atoms with Gasteiger partial charge in [-0.3, -0.25) is 9.59 Å². The SMILES string of the molecule is CC(C)[C@H](NC(=O)CCCNC(=O)c1ccc(F)cc1F)C(=O)O. The fourth-order valence-corrected chi connectivity index (χ4v) is 1.98. The van der Waals surface area contributed by atoms with Crippen molar-refractivity contribution in [3.8, 4) is 0 Å². The highest BCUT2D eigenvalue weighted by Crippen LogP contribution is 2.09. The van der Waals surface area contributed by atoms with Gasteiger partial charge < -0.3 is 15.7 Å². The zero-order chi connectivity index (χ0) is 18.3. The first-order chi connectivity index (χ1) is 11.2. The van der Waals surface area contributed by atoms with E-state index in [4.69, 9.17) is 5.11 Å². The van der Waals surface area contributed by atoms with Crippen LogP contribution in [-0.4, -0.2) is 35.5 Å². The number of carboxylic acids is 1. The number of carboxylic acid groups (broad SMARTS) is 1. The van der Waals surface area contributed by atoms with Crippen LogP contribution in [0.5, 0.6) is 0 Å². The Bertz CT molecular complexity index is 620. The summed E-state index contributed by atoms with van der Waals surface area (Å²) in [4.78, 5) is 34.4. The first-order valence-electron chi connectivity index (χ1n) is 7.47. The monoisotopic (exact) mass is 342 g/mol. The molecule has 24 heavy (non-hydrogen) atoms. The van der Waals surface area contributed by atoms with E-state index in [-0.39, 0.29) is 30.9 Å². The number of hydrogen-bond acceptors (Lipinski definition) is 3. The Morgan fingerprint density at radius 2 is 1.88 bits per heavy atom. The van der Waals surface area contributed by atoms with Crippen molar-refractivity contribution in [3.63, 3.8) is 0 Å². The number of nitrogens with one attached hydrogen (secondary N) is 2. The molecule has 0 fully saturated rings. The molecule has 8 heteroatoms. The highest BCUT2D eigenvalue weighted by atomic mass is 19.1. The third kappa shape index (κ3) is 5.94. The van der Waals surface area contributed by atoms with Gasteiger partial charge in [0.2, 0.25) is 5.91 Å². The van der Waals surface area contributed by atoms with E-state index in [1.54, 1.807) is 13.8 Å². The molecule has 0 aliphatic rings. The number of hydrogen-bond donors (Lipinski definition) is 3. The molecule has 1 aromatic carbocycles. The molecule has 6 nitrogen and oxygen atoms in total. The highest BCUT2D eigenvalue weighted by Gasteiger charge is 2.23. The van der Waals surface area contributed by atoms with E-state index in [0.717, 1.165) is 12.1 Å².